The molecule has 0 unspecified atom stereocenters. The highest BCUT2D eigenvalue weighted by Crippen LogP contribution is 2.27. The molecule has 0 aromatic carbocycles. The SMILES string of the molecule is CCC(CC)CN(CC)c1nccc(C(=N)N)c1Cl. The molecule has 0 radical (unpaired) electrons. The number of amidine groups is 1. The van der Waals surface area contributed by atoms with Crippen LogP contribution < -0.4 is 10.6 Å². The number of nitrogen functional groups attached to an aromatic ring is 1. The molecule has 0 saturated carbocycles. The molecule has 1 rings (SSSR count). The van der Waals surface area contributed by atoms with Gasteiger partial charge in [-0.1, -0.05) is 38.3 Å². The Kier molecular flexibility index (Phi) is 6.09. The normalized spacial score (nSPS) is 10.8. The van der Waals surface area contributed by atoms with E-state index in [0.29, 0.717) is 16.5 Å². The van der Waals surface area contributed by atoms with Crippen molar-refractivity contribution in [3.63, 3.8) is 0 Å². The number of aromatic nitrogens is 1. The molecule has 0 aliphatic rings. The van der Waals surface area contributed by atoms with Crippen molar-refractivity contribution in [2.75, 3.05) is 18.0 Å². The number of hydrogen-bond acceptors (Lipinski definition) is 3. The second kappa shape index (κ2) is 7.34. The van der Waals surface area contributed by atoms with Gasteiger partial charge in [0.2, 0.25) is 0 Å². The fourth-order valence-electron chi connectivity index (χ4n) is 2.09. The van der Waals surface area contributed by atoms with E-state index in [4.69, 9.17) is 22.7 Å². The summed E-state index contributed by atoms with van der Waals surface area (Å²) in [6.07, 6.45) is 3.93. The van der Waals surface area contributed by atoms with Crippen molar-refractivity contribution in [3.05, 3.63) is 22.8 Å². The molecular weight excluding hydrogens is 260 g/mol. The highest BCUT2D eigenvalue weighted by Gasteiger charge is 2.17. The zero-order valence-electron chi connectivity index (χ0n) is 11.9. The average molecular weight is 283 g/mol. The molecule has 0 bridgehead atoms. The molecule has 3 N–H and O–H groups in total. The van der Waals surface area contributed by atoms with Gasteiger partial charge in [0.05, 0.1) is 5.02 Å². The minimum Gasteiger partial charge on any atom is -0.384 e. The van der Waals surface area contributed by atoms with E-state index in [1.165, 1.54) is 0 Å². The fraction of sp³-hybridized carbons (Fsp3) is 0.571. The molecule has 5 heteroatoms. The molecule has 1 aromatic heterocycles. The lowest BCUT2D eigenvalue weighted by Gasteiger charge is -2.27. The van der Waals surface area contributed by atoms with Gasteiger partial charge in [0.1, 0.15) is 11.7 Å². The molecule has 1 heterocycles. The molecule has 0 fully saturated rings. The molecular formula is C14H23ClN4. The van der Waals surface area contributed by atoms with E-state index >= 15 is 0 Å². The summed E-state index contributed by atoms with van der Waals surface area (Å²) in [4.78, 5) is 6.52. The van der Waals surface area contributed by atoms with Crippen molar-refractivity contribution in [2.24, 2.45) is 11.7 Å². The van der Waals surface area contributed by atoms with E-state index in [1.54, 1.807) is 12.3 Å². The summed E-state index contributed by atoms with van der Waals surface area (Å²) in [5, 5.41) is 8.01. The lowest BCUT2D eigenvalue weighted by Crippen LogP contribution is -2.30. The predicted octanol–water partition coefficient (Wildman–Crippen LogP) is 3.28. The molecule has 0 amide bonds. The number of nitrogens with zero attached hydrogens (tertiary/aromatic N) is 2. The van der Waals surface area contributed by atoms with Crippen molar-refractivity contribution in [3.8, 4) is 0 Å². The second-order valence-corrected chi connectivity index (χ2v) is 5.01. The van der Waals surface area contributed by atoms with Crippen LogP contribution >= 0.6 is 11.6 Å². The summed E-state index contributed by atoms with van der Waals surface area (Å²) < 4.78 is 0. The van der Waals surface area contributed by atoms with Crippen LogP contribution in [0.15, 0.2) is 12.3 Å². The third-order valence-electron chi connectivity index (χ3n) is 3.48. The zero-order valence-corrected chi connectivity index (χ0v) is 12.7. The number of nitrogens with one attached hydrogen (secondary N) is 1. The summed E-state index contributed by atoms with van der Waals surface area (Å²) in [6.45, 7) is 8.25. The van der Waals surface area contributed by atoms with Crippen LogP contribution in [0.1, 0.15) is 39.2 Å². The molecule has 1 aromatic rings. The van der Waals surface area contributed by atoms with Gasteiger partial charge in [-0.15, -0.1) is 0 Å². The Morgan fingerprint density at radius 2 is 2.05 bits per heavy atom. The monoisotopic (exact) mass is 282 g/mol. The topological polar surface area (TPSA) is 66.0 Å². The van der Waals surface area contributed by atoms with Gasteiger partial charge in [-0.25, -0.2) is 4.98 Å². The van der Waals surface area contributed by atoms with E-state index in [-0.39, 0.29) is 5.84 Å². The molecule has 4 nitrogen and oxygen atoms in total. The highest BCUT2D eigenvalue weighted by atomic mass is 35.5. The van der Waals surface area contributed by atoms with E-state index in [9.17, 15) is 0 Å². The average Bonchev–Trinajstić information content (AvgIpc) is 2.41. The molecule has 19 heavy (non-hydrogen) atoms. The van der Waals surface area contributed by atoms with E-state index in [1.807, 2.05) is 0 Å². The van der Waals surface area contributed by atoms with Gasteiger partial charge in [-0.3, -0.25) is 5.41 Å². The van der Waals surface area contributed by atoms with Crippen LogP contribution in [-0.4, -0.2) is 23.9 Å². The highest BCUT2D eigenvalue weighted by molar-refractivity contribution is 6.36. The standard InChI is InChI=1S/C14H23ClN4/c1-4-10(5-2)9-19(6-3)14-12(15)11(13(16)17)7-8-18-14/h7-8,10H,4-6,9H2,1-3H3,(H3,16,17). The van der Waals surface area contributed by atoms with E-state index in [2.05, 4.69) is 30.7 Å². The Morgan fingerprint density at radius 3 is 2.53 bits per heavy atom. The summed E-state index contributed by atoms with van der Waals surface area (Å²) in [7, 11) is 0. The first-order valence-electron chi connectivity index (χ1n) is 6.78. The van der Waals surface area contributed by atoms with Gasteiger partial charge in [0, 0.05) is 24.8 Å². The van der Waals surface area contributed by atoms with Gasteiger partial charge in [0.25, 0.3) is 0 Å². The van der Waals surface area contributed by atoms with Crippen LogP contribution in [0.25, 0.3) is 0 Å². The maximum absolute atomic E-state index is 7.53. The first kappa shape index (κ1) is 15.8. The molecule has 0 aliphatic carbocycles. The van der Waals surface area contributed by atoms with Gasteiger partial charge in [-0.05, 0) is 18.9 Å². The van der Waals surface area contributed by atoms with E-state index in [0.717, 1.165) is 31.7 Å². The van der Waals surface area contributed by atoms with Crippen molar-refractivity contribution in [2.45, 2.75) is 33.6 Å². The first-order chi connectivity index (χ1) is 9.04. The van der Waals surface area contributed by atoms with Crippen LogP contribution in [0.4, 0.5) is 5.82 Å². The maximum atomic E-state index is 7.53. The fourth-order valence-corrected chi connectivity index (χ4v) is 2.42. The van der Waals surface area contributed by atoms with Crippen molar-refractivity contribution in [1.29, 1.82) is 5.41 Å². The Hall–Kier alpha value is -1.29. The van der Waals surface area contributed by atoms with Crippen molar-refractivity contribution < 1.29 is 0 Å². The summed E-state index contributed by atoms with van der Waals surface area (Å²) >= 11 is 6.32. The number of nitrogens with two attached hydrogens (primary N) is 1. The Balaban J connectivity index is 3.05. The Bertz CT molecular complexity index is 429. The maximum Gasteiger partial charge on any atom is 0.148 e. The van der Waals surface area contributed by atoms with Crippen LogP contribution in [0, 0.1) is 11.3 Å². The molecule has 0 atom stereocenters. The molecule has 0 spiro atoms. The van der Waals surface area contributed by atoms with Gasteiger partial charge in [-0.2, -0.15) is 0 Å². The lowest BCUT2D eigenvalue weighted by atomic mass is 10.0. The van der Waals surface area contributed by atoms with Crippen LogP contribution in [0.2, 0.25) is 5.02 Å². The van der Waals surface area contributed by atoms with E-state index < -0.39 is 0 Å². The first-order valence-corrected chi connectivity index (χ1v) is 7.16. The minimum atomic E-state index is -0.0211. The van der Waals surface area contributed by atoms with Gasteiger partial charge in [0.15, 0.2) is 0 Å². The largest absolute Gasteiger partial charge is 0.384 e. The Morgan fingerprint density at radius 1 is 1.42 bits per heavy atom. The number of anilines is 1. The summed E-state index contributed by atoms with van der Waals surface area (Å²) in [5.41, 5.74) is 6.08. The van der Waals surface area contributed by atoms with Crippen LogP contribution in [0.5, 0.6) is 0 Å². The smallest absolute Gasteiger partial charge is 0.148 e. The Labute approximate surface area is 120 Å². The lowest BCUT2D eigenvalue weighted by molar-refractivity contribution is 0.484. The van der Waals surface area contributed by atoms with Crippen molar-refractivity contribution >= 4 is 23.3 Å². The summed E-state index contributed by atoms with van der Waals surface area (Å²) in [5.74, 6) is 1.33. The molecule has 0 saturated heterocycles. The zero-order chi connectivity index (χ0) is 14.4. The minimum absolute atomic E-state index is 0.0211. The van der Waals surface area contributed by atoms with Gasteiger partial charge < -0.3 is 10.6 Å². The quantitative estimate of drug-likeness (QED) is 0.596. The van der Waals surface area contributed by atoms with Crippen LogP contribution in [0.3, 0.4) is 0 Å². The number of pyridine rings is 1. The molecule has 0 aliphatic heterocycles. The third-order valence-corrected chi connectivity index (χ3v) is 3.85. The van der Waals surface area contributed by atoms with Crippen LogP contribution in [-0.2, 0) is 0 Å². The number of hydrogen-bond donors (Lipinski definition) is 2. The second-order valence-electron chi connectivity index (χ2n) is 4.63. The number of rotatable bonds is 7. The third kappa shape index (κ3) is 3.83. The van der Waals surface area contributed by atoms with Crippen molar-refractivity contribution in [1.82, 2.24) is 4.98 Å². The predicted molar refractivity (Wildman–Crippen MR) is 82.2 cm³/mol. The van der Waals surface area contributed by atoms with Gasteiger partial charge >= 0.3 is 0 Å². The summed E-state index contributed by atoms with van der Waals surface area (Å²) in [6, 6.07) is 1.68. The number of halogens is 1. The molecule has 106 valence electrons.